The lowest BCUT2D eigenvalue weighted by atomic mass is 10.1. The number of ether oxygens (including phenoxy) is 1. The molecular weight excluding hydrogens is 405 g/mol. The van der Waals surface area contributed by atoms with Crippen LogP contribution in [-0.4, -0.2) is 27.5 Å². The molecule has 0 radical (unpaired) electrons. The summed E-state index contributed by atoms with van der Waals surface area (Å²) in [5.41, 5.74) is 0.118. The Morgan fingerprint density at radius 3 is 2.70 bits per heavy atom. The zero-order valence-electron chi connectivity index (χ0n) is 15.5. The number of carbonyl (C=O) groups is 1. The minimum atomic E-state index is -4.51. The van der Waals surface area contributed by atoms with Crippen LogP contribution in [0.4, 0.5) is 24.5 Å². The molecule has 0 spiro atoms. The van der Waals surface area contributed by atoms with Gasteiger partial charge in [-0.1, -0.05) is 18.2 Å². The third-order valence-electron chi connectivity index (χ3n) is 4.12. The summed E-state index contributed by atoms with van der Waals surface area (Å²) in [5.74, 6) is -0.895. The van der Waals surface area contributed by atoms with Gasteiger partial charge in [-0.05, 0) is 17.7 Å². The third kappa shape index (κ3) is 4.74. The highest BCUT2D eigenvalue weighted by atomic mass is 19.4. The Morgan fingerprint density at radius 1 is 1.27 bits per heavy atom. The zero-order valence-corrected chi connectivity index (χ0v) is 15.5. The van der Waals surface area contributed by atoms with Crippen molar-refractivity contribution in [2.75, 3.05) is 12.4 Å². The normalized spacial score (nSPS) is 11.2. The van der Waals surface area contributed by atoms with Crippen LogP contribution in [-0.2, 0) is 17.4 Å². The highest BCUT2D eigenvalue weighted by Crippen LogP contribution is 2.30. The average Bonchev–Trinajstić information content (AvgIpc) is 3.15. The van der Waals surface area contributed by atoms with Gasteiger partial charge in [0, 0.05) is 19.2 Å². The molecule has 3 rings (SSSR count). The fourth-order valence-corrected chi connectivity index (χ4v) is 2.72. The van der Waals surface area contributed by atoms with Crippen molar-refractivity contribution in [3.05, 3.63) is 76.2 Å². The van der Waals surface area contributed by atoms with E-state index >= 15 is 0 Å². The number of nitro groups is 1. The van der Waals surface area contributed by atoms with E-state index in [0.717, 1.165) is 12.1 Å². The number of hydrogen-bond donors (Lipinski definition) is 1. The van der Waals surface area contributed by atoms with Gasteiger partial charge in [0.15, 0.2) is 0 Å². The molecule has 0 saturated heterocycles. The lowest BCUT2D eigenvalue weighted by Crippen LogP contribution is -2.12. The Kier molecular flexibility index (Phi) is 5.72. The minimum absolute atomic E-state index is 0.0967. The number of carbonyl (C=O) groups excluding carboxylic acids is 1. The van der Waals surface area contributed by atoms with Gasteiger partial charge in [-0.3, -0.25) is 19.5 Å². The van der Waals surface area contributed by atoms with Crippen LogP contribution < -0.4 is 10.1 Å². The second kappa shape index (κ2) is 8.23. The maximum Gasteiger partial charge on any atom is 0.416 e. The summed E-state index contributed by atoms with van der Waals surface area (Å²) in [6.07, 6.45) is -2.26. The van der Waals surface area contributed by atoms with Crippen LogP contribution in [0.1, 0.15) is 11.1 Å². The van der Waals surface area contributed by atoms with E-state index in [0.29, 0.717) is 11.4 Å². The number of alkyl halides is 3. The molecule has 0 fully saturated rings. The summed E-state index contributed by atoms with van der Waals surface area (Å²) < 4.78 is 44.9. The molecule has 0 aliphatic heterocycles. The van der Waals surface area contributed by atoms with Crippen molar-refractivity contribution in [3.8, 4) is 11.6 Å². The van der Waals surface area contributed by atoms with Crippen LogP contribution in [0.2, 0.25) is 0 Å². The molecule has 156 valence electrons. The fraction of sp³-hybridized carbons (Fsp3) is 0.158. The quantitative estimate of drug-likeness (QED) is 0.368. The Morgan fingerprint density at radius 2 is 2.03 bits per heavy atom. The van der Waals surface area contributed by atoms with Gasteiger partial charge in [0.25, 0.3) is 5.69 Å². The molecule has 0 bridgehead atoms. The molecule has 0 aliphatic rings. The molecule has 0 aliphatic carbocycles. The van der Waals surface area contributed by atoms with E-state index in [2.05, 4.69) is 10.3 Å². The van der Waals surface area contributed by atoms with Crippen LogP contribution in [0, 0.1) is 10.1 Å². The second-order valence-electron chi connectivity index (χ2n) is 6.18. The maximum absolute atomic E-state index is 12.8. The zero-order chi connectivity index (χ0) is 21.9. The Hall–Kier alpha value is -3.89. The van der Waals surface area contributed by atoms with Crippen molar-refractivity contribution in [1.29, 1.82) is 0 Å². The van der Waals surface area contributed by atoms with E-state index in [1.54, 1.807) is 7.05 Å². The van der Waals surface area contributed by atoms with Crippen molar-refractivity contribution < 1.29 is 27.6 Å². The molecular formula is C19H15F3N4O4. The van der Waals surface area contributed by atoms with Crippen LogP contribution in [0.3, 0.4) is 0 Å². The molecule has 8 nitrogen and oxygen atoms in total. The number of esters is 1. The summed E-state index contributed by atoms with van der Waals surface area (Å²) in [5, 5.41) is 13.9. The van der Waals surface area contributed by atoms with Gasteiger partial charge in [0.2, 0.25) is 5.88 Å². The molecule has 30 heavy (non-hydrogen) atoms. The number of halogens is 3. The van der Waals surface area contributed by atoms with E-state index in [9.17, 15) is 28.1 Å². The van der Waals surface area contributed by atoms with Crippen molar-refractivity contribution in [3.63, 3.8) is 0 Å². The highest BCUT2D eigenvalue weighted by molar-refractivity contribution is 5.75. The molecule has 11 heteroatoms. The monoisotopic (exact) mass is 420 g/mol. The lowest BCUT2D eigenvalue weighted by Gasteiger charge is -2.09. The smallest absolute Gasteiger partial charge is 0.406 e. The van der Waals surface area contributed by atoms with Crippen LogP contribution >= 0.6 is 0 Å². The Labute approximate surface area is 168 Å². The molecule has 1 heterocycles. The number of nitrogens with one attached hydrogen (secondary N) is 1. The predicted octanol–water partition coefficient (Wildman–Crippen LogP) is 3.99. The maximum atomic E-state index is 12.8. The second-order valence-corrected chi connectivity index (χ2v) is 6.18. The SMILES string of the molecule is CNc1ccc([N+](=O)[O-])cc1-n1cnc(OC(=O)Cc2cccc(C(F)(F)F)c2)c1. The first-order chi connectivity index (χ1) is 14.2. The van der Waals surface area contributed by atoms with E-state index in [1.807, 2.05) is 0 Å². The van der Waals surface area contributed by atoms with E-state index in [4.69, 9.17) is 4.74 Å². The summed E-state index contributed by atoms with van der Waals surface area (Å²) in [6, 6.07) is 8.56. The third-order valence-corrected chi connectivity index (χ3v) is 4.12. The lowest BCUT2D eigenvalue weighted by molar-refractivity contribution is -0.384. The summed E-state index contributed by atoms with van der Waals surface area (Å²) in [6.45, 7) is 0. The van der Waals surface area contributed by atoms with Gasteiger partial charge in [-0.2, -0.15) is 13.2 Å². The van der Waals surface area contributed by atoms with Crippen LogP contribution in [0.15, 0.2) is 55.0 Å². The number of imidazole rings is 1. The molecule has 0 unspecified atom stereocenters. The molecule has 1 N–H and O–H groups in total. The van der Waals surface area contributed by atoms with Gasteiger partial charge in [-0.25, -0.2) is 4.98 Å². The number of hydrogen-bond acceptors (Lipinski definition) is 6. The van der Waals surface area contributed by atoms with Gasteiger partial charge < -0.3 is 10.1 Å². The van der Waals surface area contributed by atoms with Crippen LogP contribution in [0.5, 0.6) is 5.88 Å². The number of rotatable bonds is 6. The standard InChI is InChI=1S/C19H15F3N4O4/c1-23-15-6-5-14(26(28)29)9-16(15)25-10-17(24-11-25)30-18(27)8-12-3-2-4-13(7-12)19(20,21)22/h2-7,9-11,23H,8H2,1H3. The summed E-state index contributed by atoms with van der Waals surface area (Å²) in [7, 11) is 1.64. The molecule has 0 atom stereocenters. The van der Waals surface area contributed by atoms with Crippen molar-refractivity contribution in [2.45, 2.75) is 12.6 Å². The van der Waals surface area contributed by atoms with Gasteiger partial charge in [-0.15, -0.1) is 0 Å². The Bertz CT molecular complexity index is 1100. The van der Waals surface area contributed by atoms with E-state index in [-0.39, 0.29) is 23.6 Å². The number of aromatic nitrogens is 2. The first kappa shape index (κ1) is 20.8. The minimum Gasteiger partial charge on any atom is -0.406 e. The molecule has 3 aromatic rings. The van der Waals surface area contributed by atoms with Crippen molar-refractivity contribution in [2.24, 2.45) is 0 Å². The predicted molar refractivity (Wildman–Crippen MR) is 101 cm³/mol. The van der Waals surface area contributed by atoms with Gasteiger partial charge >= 0.3 is 12.1 Å². The van der Waals surface area contributed by atoms with E-state index < -0.39 is 22.6 Å². The first-order valence-corrected chi connectivity index (χ1v) is 8.55. The summed E-state index contributed by atoms with van der Waals surface area (Å²) >= 11 is 0. The molecule has 0 amide bonds. The first-order valence-electron chi connectivity index (χ1n) is 8.55. The Balaban J connectivity index is 1.76. The molecule has 0 saturated carbocycles. The number of non-ortho nitro benzene ring substituents is 1. The number of nitro benzene ring substituents is 1. The van der Waals surface area contributed by atoms with E-state index in [1.165, 1.54) is 47.4 Å². The molecule has 1 aromatic heterocycles. The van der Waals surface area contributed by atoms with Gasteiger partial charge in [0.05, 0.1) is 34.5 Å². The molecule has 2 aromatic carbocycles. The van der Waals surface area contributed by atoms with Gasteiger partial charge in [0.1, 0.15) is 6.33 Å². The van der Waals surface area contributed by atoms with Crippen molar-refractivity contribution in [1.82, 2.24) is 9.55 Å². The van der Waals surface area contributed by atoms with Crippen molar-refractivity contribution >= 4 is 17.3 Å². The topological polar surface area (TPSA) is 99.3 Å². The number of anilines is 1. The number of benzene rings is 2. The number of nitrogens with zero attached hydrogens (tertiary/aromatic N) is 3. The fourth-order valence-electron chi connectivity index (χ4n) is 2.72. The highest BCUT2D eigenvalue weighted by Gasteiger charge is 2.30. The average molecular weight is 420 g/mol. The largest absolute Gasteiger partial charge is 0.416 e. The van der Waals surface area contributed by atoms with Crippen LogP contribution in [0.25, 0.3) is 5.69 Å². The summed E-state index contributed by atoms with van der Waals surface area (Å²) in [4.78, 5) is 26.5.